The molecule has 1 fully saturated rings. The van der Waals surface area contributed by atoms with Crippen LogP contribution in [0, 0.1) is 5.92 Å². The Bertz CT molecular complexity index is 1420. The molecule has 0 saturated carbocycles. The Kier molecular flexibility index (Phi) is 33.8. The minimum atomic E-state index is -4.90. The van der Waals surface area contributed by atoms with Crippen LogP contribution in [0.25, 0.3) is 0 Å². The van der Waals surface area contributed by atoms with Crippen LogP contribution >= 0.6 is 15.6 Å². The van der Waals surface area contributed by atoms with Gasteiger partial charge in [0, 0.05) is 25.2 Å². The van der Waals surface area contributed by atoms with Gasteiger partial charge in [-0.3, -0.25) is 23.2 Å². The Hall–Kier alpha value is -2.08. The van der Waals surface area contributed by atoms with E-state index in [2.05, 4.69) is 47.2 Å². The molecule has 0 amide bonds. The van der Waals surface area contributed by atoms with Crippen molar-refractivity contribution in [2.24, 2.45) is 5.92 Å². The molecule has 1 aliphatic rings. The summed E-state index contributed by atoms with van der Waals surface area (Å²) >= 11 is 0. The average molecular weight is 941 g/mol. The van der Waals surface area contributed by atoms with E-state index in [1.807, 2.05) is 12.2 Å². The number of rotatable bonds is 38. The molecule has 19 heteroatoms. The van der Waals surface area contributed by atoms with Crippen LogP contribution in [0.4, 0.5) is 0 Å². The van der Waals surface area contributed by atoms with Crippen LogP contribution in [-0.4, -0.2) is 110 Å². The van der Waals surface area contributed by atoms with Crippen molar-refractivity contribution >= 4 is 27.6 Å². The van der Waals surface area contributed by atoms with E-state index in [0.717, 1.165) is 57.8 Å². The molecular weight excluding hydrogens is 862 g/mol. The lowest BCUT2D eigenvalue weighted by Crippen LogP contribution is -2.43. The first-order valence-electron chi connectivity index (χ1n) is 22.7. The van der Waals surface area contributed by atoms with E-state index >= 15 is 0 Å². The molecule has 366 valence electrons. The zero-order valence-corrected chi connectivity index (χ0v) is 39.2. The first kappa shape index (κ1) is 58.9. The van der Waals surface area contributed by atoms with Crippen molar-refractivity contribution < 1.29 is 81.6 Å². The number of ether oxygens (including phenoxy) is 3. The summed E-state index contributed by atoms with van der Waals surface area (Å²) in [6.07, 6.45) is 25.7. The van der Waals surface area contributed by atoms with Gasteiger partial charge < -0.3 is 49.3 Å². The summed E-state index contributed by atoms with van der Waals surface area (Å²) < 4.78 is 53.4. The number of esters is 2. The van der Waals surface area contributed by atoms with Crippen molar-refractivity contribution in [3.63, 3.8) is 0 Å². The highest BCUT2D eigenvalue weighted by Gasteiger charge is 2.35. The summed E-state index contributed by atoms with van der Waals surface area (Å²) in [5.74, 6) is -1.60. The number of carbonyl (C=O) groups excluding carboxylic acids is 2. The quantitative estimate of drug-likeness (QED) is 0.0103. The maximum atomic E-state index is 12.7. The second-order valence-electron chi connectivity index (χ2n) is 15.9. The predicted molar refractivity (Wildman–Crippen MR) is 238 cm³/mol. The maximum Gasteiger partial charge on any atom is 0.472 e. The molecular formula is C44H78O17P2. The van der Waals surface area contributed by atoms with Gasteiger partial charge in [-0.15, -0.1) is 0 Å². The van der Waals surface area contributed by atoms with Gasteiger partial charge in [0.2, 0.25) is 0 Å². The van der Waals surface area contributed by atoms with Gasteiger partial charge in [-0.2, -0.15) is 0 Å². The van der Waals surface area contributed by atoms with Crippen LogP contribution in [0.3, 0.4) is 0 Å². The van der Waals surface area contributed by atoms with Gasteiger partial charge >= 0.3 is 27.6 Å². The summed E-state index contributed by atoms with van der Waals surface area (Å²) in [5.41, 5.74) is 0. The first-order chi connectivity index (χ1) is 30.0. The third-order valence-electron chi connectivity index (χ3n) is 10.0. The molecule has 8 atom stereocenters. The molecule has 0 spiro atoms. The summed E-state index contributed by atoms with van der Waals surface area (Å²) in [6.45, 7) is 1.30. The van der Waals surface area contributed by atoms with Crippen molar-refractivity contribution in [1.82, 2.24) is 0 Å². The van der Waals surface area contributed by atoms with E-state index in [0.29, 0.717) is 32.1 Å². The Balaban J connectivity index is 2.60. The lowest BCUT2D eigenvalue weighted by molar-refractivity contribution is -0.199. The summed E-state index contributed by atoms with van der Waals surface area (Å²) in [4.78, 5) is 53.0. The minimum Gasteiger partial charge on any atom is -0.462 e. The Morgan fingerprint density at radius 1 is 0.698 bits per heavy atom. The second-order valence-corrected chi connectivity index (χ2v) is 18.6. The molecule has 0 aromatic carbocycles. The smallest absolute Gasteiger partial charge is 0.462 e. The highest BCUT2D eigenvalue weighted by Crippen LogP contribution is 2.44. The van der Waals surface area contributed by atoms with Gasteiger partial charge in [-0.05, 0) is 57.8 Å². The number of hydrogen-bond acceptors (Lipinski definition) is 14. The van der Waals surface area contributed by atoms with Crippen LogP contribution in [0.1, 0.15) is 149 Å². The highest BCUT2D eigenvalue weighted by molar-refractivity contribution is 7.47. The fourth-order valence-electron chi connectivity index (χ4n) is 6.44. The predicted octanol–water partition coefficient (Wildman–Crippen LogP) is 7.56. The second kappa shape index (κ2) is 36.1. The fraction of sp³-hybridized carbons (Fsp3) is 0.773. The van der Waals surface area contributed by atoms with Crippen LogP contribution in [0.5, 0.6) is 0 Å². The zero-order chi connectivity index (χ0) is 46.8. The third-order valence-corrected chi connectivity index (χ3v) is 11.4. The van der Waals surface area contributed by atoms with Gasteiger partial charge in [0.15, 0.2) is 12.4 Å². The molecule has 0 bridgehead atoms. The molecule has 0 radical (unpaired) electrons. The molecule has 7 N–H and O–H groups in total. The molecule has 1 saturated heterocycles. The molecule has 1 aliphatic heterocycles. The number of carbonyl (C=O) groups is 2. The van der Waals surface area contributed by atoms with Gasteiger partial charge in [0.1, 0.15) is 12.7 Å². The van der Waals surface area contributed by atoms with Crippen molar-refractivity contribution in [1.29, 1.82) is 0 Å². The van der Waals surface area contributed by atoms with E-state index in [1.54, 1.807) is 12.2 Å². The Morgan fingerprint density at radius 2 is 1.29 bits per heavy atom. The van der Waals surface area contributed by atoms with Gasteiger partial charge in [-0.25, -0.2) is 9.13 Å². The minimum absolute atomic E-state index is 0.00368. The van der Waals surface area contributed by atoms with E-state index in [1.165, 1.54) is 25.7 Å². The highest BCUT2D eigenvalue weighted by atomic mass is 31.2. The average Bonchev–Trinajstić information content (AvgIpc) is 3.22. The van der Waals surface area contributed by atoms with E-state index in [9.17, 15) is 44.0 Å². The molecule has 17 nitrogen and oxygen atoms in total. The molecule has 0 aromatic rings. The zero-order valence-electron chi connectivity index (χ0n) is 37.4. The number of aliphatic hydroxyl groups excluding tert-OH is 4. The summed E-state index contributed by atoms with van der Waals surface area (Å²) in [5, 5.41) is 40.7. The number of hydrogen-bond donors (Lipinski definition) is 7. The van der Waals surface area contributed by atoms with E-state index < -0.39 is 90.8 Å². The maximum absolute atomic E-state index is 12.7. The van der Waals surface area contributed by atoms with Gasteiger partial charge in [-0.1, -0.05) is 120 Å². The normalized spacial score (nSPS) is 21.0. The van der Waals surface area contributed by atoms with Crippen LogP contribution in [-0.2, 0) is 46.5 Å². The fourth-order valence-corrected chi connectivity index (χ4v) is 7.59. The number of phosphoric acid groups is 2. The molecule has 2 unspecified atom stereocenters. The van der Waals surface area contributed by atoms with Crippen LogP contribution < -0.4 is 0 Å². The van der Waals surface area contributed by atoms with Crippen molar-refractivity contribution in [2.75, 3.05) is 26.4 Å². The molecule has 1 rings (SSSR count). The monoisotopic (exact) mass is 940 g/mol. The van der Waals surface area contributed by atoms with E-state index in [4.69, 9.17) is 28.5 Å². The van der Waals surface area contributed by atoms with Crippen molar-refractivity contribution in [3.8, 4) is 0 Å². The number of aliphatic hydroxyl groups is 4. The molecule has 63 heavy (non-hydrogen) atoms. The largest absolute Gasteiger partial charge is 0.472 e. The van der Waals surface area contributed by atoms with Crippen LogP contribution in [0.15, 0.2) is 48.6 Å². The lowest BCUT2D eigenvalue weighted by atomic mass is 9.87. The van der Waals surface area contributed by atoms with E-state index in [-0.39, 0.29) is 25.2 Å². The van der Waals surface area contributed by atoms with Crippen molar-refractivity contribution in [2.45, 2.75) is 185 Å². The number of phosphoric ester groups is 2. The third kappa shape index (κ3) is 34.0. The number of unbranched alkanes of at least 4 members (excludes halogenated alkanes) is 12. The summed E-state index contributed by atoms with van der Waals surface area (Å²) in [7, 11) is -9.78. The SMILES string of the molecule is CCCCCC/C=C\C=C/CCCCCCCC(=O)O[C@H](COC(=O)CCC/C=C\C[C@H]1[C@@H](O)CC(O)O[C@@H]1/C=C/[C@@H](O)CCCCC)COP(=O)(O)OC[C@@H](O)COP(=O)(O)O. The lowest BCUT2D eigenvalue weighted by Gasteiger charge is -2.36. The first-order valence-corrected chi connectivity index (χ1v) is 25.8. The topological polar surface area (TPSA) is 265 Å². The molecule has 0 aliphatic carbocycles. The summed E-state index contributed by atoms with van der Waals surface area (Å²) in [6, 6.07) is 0. The Labute approximate surface area is 374 Å². The molecule has 0 aromatic heterocycles. The van der Waals surface area contributed by atoms with Crippen LogP contribution in [0.2, 0.25) is 0 Å². The van der Waals surface area contributed by atoms with Gasteiger partial charge in [0.05, 0.1) is 38.1 Å². The molecule has 1 heterocycles. The van der Waals surface area contributed by atoms with Gasteiger partial charge in [0.25, 0.3) is 0 Å². The van der Waals surface area contributed by atoms with Crippen molar-refractivity contribution in [3.05, 3.63) is 48.6 Å². The number of allylic oxidation sites excluding steroid dienone is 6. The Morgan fingerprint density at radius 3 is 1.97 bits per heavy atom. The standard InChI is InChI=1S/C44H78O17P2/c1-3-5-7-8-9-10-11-12-13-14-15-16-17-18-24-28-43(49)60-38(35-59-63(54,55)58-33-37(46)32-57-62(51,52)53)34-56-42(48)27-23-20-19-22-26-39-40(47)31-44(50)61-41(39)30-29-36(45)25-21-6-4-2/h10-13,19,22,29-30,36-41,44-47,50H,3-9,14-18,20-21,23-28,31-35H2,1-2H3,(H,54,55)(H2,51,52,53)/b11-10-,13-12-,22-19-,30-29+/t36-,37-,38+,39-,40-,41+,44?/m0/s1.